The van der Waals surface area contributed by atoms with Crippen molar-refractivity contribution in [3.05, 3.63) is 70.2 Å². The van der Waals surface area contributed by atoms with Crippen LogP contribution in [0.5, 0.6) is 0 Å². The Labute approximate surface area is 204 Å². The van der Waals surface area contributed by atoms with Gasteiger partial charge in [-0.15, -0.1) is 0 Å². The molecule has 0 radical (unpaired) electrons. The van der Waals surface area contributed by atoms with Crippen LogP contribution in [0.1, 0.15) is 60.4 Å². The Hall–Kier alpha value is -2.90. The minimum Gasteiger partial charge on any atom is -0.478 e. The molecular weight excluding hydrogens is 456 g/mol. The molecule has 34 heavy (non-hydrogen) atoms. The van der Waals surface area contributed by atoms with Crippen LogP contribution in [0.4, 0.5) is 0 Å². The Bertz CT molecular complexity index is 1080. The number of aromatic carboxylic acids is 1. The molecule has 7 nitrogen and oxygen atoms in total. The Kier molecular flexibility index (Phi) is 7.38. The highest BCUT2D eigenvalue weighted by Crippen LogP contribution is 2.46. The molecule has 2 aromatic carbocycles. The van der Waals surface area contributed by atoms with Crippen LogP contribution in [0.2, 0.25) is 5.02 Å². The summed E-state index contributed by atoms with van der Waals surface area (Å²) in [5.41, 5.74) is -1.19. The van der Waals surface area contributed by atoms with Crippen LogP contribution in [0.15, 0.2) is 48.5 Å². The molecule has 0 unspecified atom stereocenters. The number of amides is 2. The van der Waals surface area contributed by atoms with E-state index in [1.54, 1.807) is 41.3 Å². The Morgan fingerprint density at radius 3 is 2.15 bits per heavy atom. The van der Waals surface area contributed by atoms with Gasteiger partial charge >= 0.3 is 5.97 Å². The number of nitrogens with zero attached hydrogens (tertiary/aromatic N) is 1. The Morgan fingerprint density at radius 1 is 1.03 bits per heavy atom. The van der Waals surface area contributed by atoms with Crippen molar-refractivity contribution in [2.24, 2.45) is 11.3 Å². The van der Waals surface area contributed by atoms with E-state index in [0.717, 1.165) is 5.56 Å². The van der Waals surface area contributed by atoms with Gasteiger partial charge in [0.1, 0.15) is 6.04 Å². The van der Waals surface area contributed by atoms with E-state index in [1.165, 1.54) is 12.1 Å². The van der Waals surface area contributed by atoms with Gasteiger partial charge in [0.15, 0.2) is 0 Å². The lowest BCUT2D eigenvalue weighted by molar-refractivity contribution is -0.155. The quantitative estimate of drug-likeness (QED) is 0.573. The maximum absolute atomic E-state index is 13.5. The molecule has 2 atom stereocenters. The molecule has 182 valence electrons. The van der Waals surface area contributed by atoms with Crippen molar-refractivity contribution in [3.63, 3.8) is 0 Å². The fourth-order valence-corrected chi connectivity index (χ4v) is 4.69. The molecule has 1 aliphatic heterocycles. The first kappa shape index (κ1) is 25.7. The van der Waals surface area contributed by atoms with E-state index in [0.29, 0.717) is 18.0 Å². The number of carbonyl (C=O) groups excluding carboxylic acids is 2. The largest absolute Gasteiger partial charge is 0.478 e. The van der Waals surface area contributed by atoms with Crippen molar-refractivity contribution in [1.29, 1.82) is 0 Å². The second-order valence-corrected chi connectivity index (χ2v) is 10.2. The summed E-state index contributed by atoms with van der Waals surface area (Å²) in [6.45, 7) is 8.07. The molecule has 0 saturated carbocycles. The summed E-state index contributed by atoms with van der Waals surface area (Å²) in [5, 5.41) is 24.3. The highest BCUT2D eigenvalue weighted by atomic mass is 35.5. The van der Waals surface area contributed by atoms with E-state index < -0.39 is 28.9 Å². The van der Waals surface area contributed by atoms with Gasteiger partial charge < -0.3 is 20.4 Å². The number of likely N-dealkylation sites (tertiary alicyclic amines) is 1. The van der Waals surface area contributed by atoms with Crippen LogP contribution in [-0.4, -0.2) is 52.0 Å². The van der Waals surface area contributed by atoms with Crippen LogP contribution in [0.3, 0.4) is 0 Å². The fraction of sp³-hybridized carbons (Fsp3) is 0.423. The highest BCUT2D eigenvalue weighted by molar-refractivity contribution is 6.30. The van der Waals surface area contributed by atoms with Gasteiger partial charge in [-0.25, -0.2) is 4.79 Å². The molecule has 0 bridgehead atoms. The lowest BCUT2D eigenvalue weighted by atomic mass is 9.66. The molecule has 2 aromatic rings. The lowest BCUT2D eigenvalue weighted by Crippen LogP contribution is -2.60. The molecule has 3 rings (SSSR count). The normalized spacial score (nSPS) is 20.6. The first-order chi connectivity index (χ1) is 15.9. The summed E-state index contributed by atoms with van der Waals surface area (Å²) >= 11 is 6.01. The number of aliphatic hydroxyl groups is 1. The summed E-state index contributed by atoms with van der Waals surface area (Å²) in [7, 11) is 0. The van der Waals surface area contributed by atoms with Crippen molar-refractivity contribution in [3.8, 4) is 0 Å². The van der Waals surface area contributed by atoms with Crippen molar-refractivity contribution in [2.75, 3.05) is 13.1 Å². The summed E-state index contributed by atoms with van der Waals surface area (Å²) in [4.78, 5) is 39.6. The number of halogens is 1. The van der Waals surface area contributed by atoms with Gasteiger partial charge in [0.25, 0.3) is 5.91 Å². The number of rotatable bonds is 6. The highest BCUT2D eigenvalue weighted by Gasteiger charge is 2.50. The number of nitrogens with one attached hydrogen (secondary N) is 1. The van der Waals surface area contributed by atoms with Gasteiger partial charge in [0.05, 0.1) is 16.7 Å². The van der Waals surface area contributed by atoms with Gasteiger partial charge in [-0.2, -0.15) is 0 Å². The number of carboxylic acids is 1. The molecule has 8 heteroatoms. The van der Waals surface area contributed by atoms with E-state index >= 15 is 0 Å². The summed E-state index contributed by atoms with van der Waals surface area (Å²) in [6.07, 6.45) is 0.327. The van der Waals surface area contributed by atoms with Crippen LogP contribution in [0, 0.1) is 11.3 Å². The molecular formula is C26H31ClN2O5. The molecule has 1 heterocycles. The summed E-state index contributed by atoms with van der Waals surface area (Å²) < 4.78 is 0. The van der Waals surface area contributed by atoms with Gasteiger partial charge in [-0.1, -0.05) is 63.6 Å². The predicted octanol–water partition coefficient (Wildman–Crippen LogP) is 3.94. The average molecular weight is 487 g/mol. The van der Waals surface area contributed by atoms with Crippen molar-refractivity contribution in [1.82, 2.24) is 10.2 Å². The Balaban J connectivity index is 1.80. The van der Waals surface area contributed by atoms with E-state index in [9.17, 15) is 24.6 Å². The minimum atomic E-state index is -1.21. The van der Waals surface area contributed by atoms with E-state index in [1.807, 2.05) is 27.7 Å². The topological polar surface area (TPSA) is 107 Å². The first-order valence-electron chi connectivity index (χ1n) is 11.3. The number of hydrogen-bond acceptors (Lipinski definition) is 4. The van der Waals surface area contributed by atoms with Gasteiger partial charge in [-0.05, 0) is 42.2 Å². The van der Waals surface area contributed by atoms with Crippen molar-refractivity contribution in [2.45, 2.75) is 45.8 Å². The molecule has 0 spiro atoms. The molecule has 0 aliphatic carbocycles. The SMILES string of the molecule is CC(C)[C@@H](NC(=O)c1ccccc1C(=O)O)C(=O)N1CC[C@](O)(c2ccc(Cl)cc2)C(C)(C)C1. The maximum atomic E-state index is 13.5. The van der Waals surface area contributed by atoms with E-state index in [-0.39, 0.29) is 29.5 Å². The Morgan fingerprint density at radius 2 is 1.62 bits per heavy atom. The number of hydrogen-bond donors (Lipinski definition) is 3. The molecule has 3 N–H and O–H groups in total. The van der Waals surface area contributed by atoms with E-state index in [2.05, 4.69) is 5.32 Å². The van der Waals surface area contributed by atoms with Crippen LogP contribution < -0.4 is 5.32 Å². The molecule has 1 saturated heterocycles. The zero-order valence-electron chi connectivity index (χ0n) is 19.8. The lowest BCUT2D eigenvalue weighted by Gasteiger charge is -2.51. The molecule has 2 amide bonds. The zero-order valence-corrected chi connectivity index (χ0v) is 20.6. The van der Waals surface area contributed by atoms with Gasteiger partial charge in [0.2, 0.25) is 5.91 Å². The smallest absolute Gasteiger partial charge is 0.336 e. The third kappa shape index (κ3) is 4.95. The minimum absolute atomic E-state index is 0.00420. The third-order valence-electron chi connectivity index (χ3n) is 6.70. The fourth-order valence-electron chi connectivity index (χ4n) is 4.57. The first-order valence-corrected chi connectivity index (χ1v) is 11.7. The second-order valence-electron chi connectivity index (χ2n) is 9.81. The number of benzene rings is 2. The maximum Gasteiger partial charge on any atom is 0.336 e. The summed E-state index contributed by atoms with van der Waals surface area (Å²) in [5.74, 6) is -2.31. The molecule has 1 aliphatic rings. The average Bonchev–Trinajstić information content (AvgIpc) is 2.78. The number of carboxylic acid groups (broad SMARTS) is 1. The van der Waals surface area contributed by atoms with Crippen LogP contribution in [0.25, 0.3) is 0 Å². The third-order valence-corrected chi connectivity index (χ3v) is 6.96. The zero-order chi connectivity index (χ0) is 25.3. The van der Waals surface area contributed by atoms with Gasteiger partial charge in [0, 0.05) is 23.5 Å². The number of carbonyl (C=O) groups is 3. The predicted molar refractivity (Wildman–Crippen MR) is 130 cm³/mol. The molecule has 1 fully saturated rings. The second kappa shape index (κ2) is 9.76. The van der Waals surface area contributed by atoms with Crippen LogP contribution >= 0.6 is 11.6 Å². The van der Waals surface area contributed by atoms with E-state index in [4.69, 9.17) is 11.6 Å². The van der Waals surface area contributed by atoms with Gasteiger partial charge in [-0.3, -0.25) is 9.59 Å². The standard InChI is InChI=1S/C26H31ClN2O5/c1-16(2)21(28-22(30)19-7-5-6-8-20(19)24(32)33)23(31)29-14-13-26(34,25(3,4)15-29)17-9-11-18(27)12-10-17/h5-12,16,21,34H,13-15H2,1-4H3,(H,28,30)(H,32,33)/t21-,26+/m1/s1. The van der Waals surface area contributed by atoms with Crippen LogP contribution in [-0.2, 0) is 10.4 Å². The summed E-state index contributed by atoms with van der Waals surface area (Å²) in [6, 6.07) is 12.2. The van der Waals surface area contributed by atoms with Crippen molar-refractivity contribution < 1.29 is 24.6 Å². The molecule has 0 aromatic heterocycles. The number of piperidine rings is 1. The monoisotopic (exact) mass is 486 g/mol. The van der Waals surface area contributed by atoms with Crippen molar-refractivity contribution >= 4 is 29.4 Å².